The second-order valence-electron chi connectivity index (χ2n) is 7.80. The maximum Gasteiger partial charge on any atom is 0.307 e. The van der Waals surface area contributed by atoms with Gasteiger partial charge in [0.15, 0.2) is 0 Å². The minimum atomic E-state index is -0.706. The lowest BCUT2D eigenvalue weighted by Gasteiger charge is -2.17. The zero-order valence-electron chi connectivity index (χ0n) is 17.2. The van der Waals surface area contributed by atoms with E-state index in [1.807, 2.05) is 12.1 Å². The Hall–Kier alpha value is -2.14. The smallest absolute Gasteiger partial charge is 0.307 e. The van der Waals surface area contributed by atoms with Gasteiger partial charge in [0.05, 0.1) is 11.4 Å². The molecule has 0 amide bonds. The number of rotatable bonds is 6. The molecule has 3 N–H and O–H groups in total. The first kappa shape index (κ1) is 24.1. The average Bonchev–Trinajstić information content (AvgIpc) is 3.49. The number of aliphatic carboxylic acids is 1. The van der Waals surface area contributed by atoms with Crippen LogP contribution in [-0.2, 0) is 17.8 Å². The molecule has 3 aromatic rings. The molecule has 1 aromatic heterocycles. The molecule has 1 aliphatic rings. The highest BCUT2D eigenvalue weighted by molar-refractivity contribution is 5.97. The lowest BCUT2D eigenvalue weighted by atomic mass is 9.91. The Morgan fingerprint density at radius 1 is 1.17 bits per heavy atom. The van der Waals surface area contributed by atoms with Gasteiger partial charge in [-0.3, -0.25) is 9.78 Å². The molecule has 0 aliphatic heterocycles. The SMILES string of the molecule is CCCc1nc2ccc(C3CC3C(=O)O)cc2c(-c2ccc(C)cc2)c1CN.Cl.Cl. The van der Waals surface area contributed by atoms with Gasteiger partial charge in [-0.1, -0.05) is 49.2 Å². The van der Waals surface area contributed by atoms with Crippen LogP contribution in [0.25, 0.3) is 22.0 Å². The number of benzene rings is 2. The minimum absolute atomic E-state index is 0. The van der Waals surface area contributed by atoms with Crippen molar-refractivity contribution in [1.82, 2.24) is 4.98 Å². The summed E-state index contributed by atoms with van der Waals surface area (Å²) in [6.45, 7) is 4.67. The molecule has 160 valence electrons. The molecular weight excluding hydrogens is 419 g/mol. The first-order chi connectivity index (χ1) is 13.5. The summed E-state index contributed by atoms with van der Waals surface area (Å²) in [7, 11) is 0. The number of hydrogen-bond acceptors (Lipinski definition) is 3. The normalized spacial score (nSPS) is 17.2. The lowest BCUT2D eigenvalue weighted by Crippen LogP contribution is -2.08. The van der Waals surface area contributed by atoms with Crippen molar-refractivity contribution < 1.29 is 9.90 Å². The van der Waals surface area contributed by atoms with Gasteiger partial charge < -0.3 is 10.8 Å². The molecule has 1 heterocycles. The van der Waals surface area contributed by atoms with Gasteiger partial charge in [-0.05, 0) is 60.1 Å². The van der Waals surface area contributed by atoms with Crippen molar-refractivity contribution in [1.29, 1.82) is 0 Å². The van der Waals surface area contributed by atoms with E-state index in [9.17, 15) is 9.90 Å². The Bertz CT molecular complexity index is 1050. The summed E-state index contributed by atoms with van der Waals surface area (Å²) in [5, 5.41) is 10.4. The molecule has 0 bridgehead atoms. The summed E-state index contributed by atoms with van der Waals surface area (Å²) >= 11 is 0. The Labute approximate surface area is 189 Å². The van der Waals surface area contributed by atoms with Gasteiger partial charge in [0.1, 0.15) is 0 Å². The zero-order chi connectivity index (χ0) is 19.8. The maximum atomic E-state index is 11.3. The fourth-order valence-corrected chi connectivity index (χ4v) is 4.15. The molecule has 0 radical (unpaired) electrons. The Balaban J connectivity index is 0.00000160. The maximum absolute atomic E-state index is 11.3. The van der Waals surface area contributed by atoms with Crippen LogP contribution in [-0.4, -0.2) is 16.1 Å². The minimum Gasteiger partial charge on any atom is -0.481 e. The van der Waals surface area contributed by atoms with Crippen LogP contribution in [0.2, 0.25) is 0 Å². The summed E-state index contributed by atoms with van der Waals surface area (Å²) in [4.78, 5) is 16.2. The molecule has 6 heteroatoms. The third-order valence-electron chi connectivity index (χ3n) is 5.76. The second-order valence-corrected chi connectivity index (χ2v) is 7.80. The number of nitrogens with two attached hydrogens (primary N) is 1. The Morgan fingerprint density at radius 2 is 1.87 bits per heavy atom. The van der Waals surface area contributed by atoms with E-state index in [4.69, 9.17) is 10.7 Å². The standard InChI is InChI=1S/C24H26N2O2.2ClH/c1-3-4-21-20(13-25)23(15-7-5-14(2)6-8-15)19-11-16(9-10-22(19)26-21)17-12-18(17)24(27)28;;/h5-11,17-18H,3-4,12-13,25H2,1-2H3,(H,27,28);2*1H. The molecule has 0 spiro atoms. The number of aryl methyl sites for hydroxylation is 2. The van der Waals surface area contributed by atoms with Crippen molar-refractivity contribution in [2.45, 2.75) is 45.6 Å². The first-order valence-electron chi connectivity index (χ1n) is 9.98. The topological polar surface area (TPSA) is 76.2 Å². The van der Waals surface area contributed by atoms with Gasteiger partial charge in [-0.2, -0.15) is 0 Å². The van der Waals surface area contributed by atoms with Crippen molar-refractivity contribution in [2.24, 2.45) is 11.7 Å². The van der Waals surface area contributed by atoms with E-state index in [1.165, 1.54) is 5.56 Å². The van der Waals surface area contributed by atoms with E-state index in [0.717, 1.165) is 51.7 Å². The number of pyridine rings is 1. The monoisotopic (exact) mass is 446 g/mol. The largest absolute Gasteiger partial charge is 0.481 e. The van der Waals surface area contributed by atoms with E-state index in [0.29, 0.717) is 13.0 Å². The number of halogens is 2. The van der Waals surface area contributed by atoms with Crippen LogP contribution < -0.4 is 5.73 Å². The van der Waals surface area contributed by atoms with Crippen molar-refractivity contribution >= 4 is 41.7 Å². The van der Waals surface area contributed by atoms with Crippen molar-refractivity contribution in [3.05, 3.63) is 64.8 Å². The molecular formula is C24H28Cl2N2O2. The van der Waals surface area contributed by atoms with Gasteiger partial charge in [-0.15, -0.1) is 24.8 Å². The molecule has 2 aromatic carbocycles. The second kappa shape index (κ2) is 9.78. The summed E-state index contributed by atoms with van der Waals surface area (Å²) in [5.41, 5.74) is 13.9. The van der Waals surface area contributed by atoms with Gasteiger partial charge in [0.2, 0.25) is 0 Å². The number of hydrogen-bond donors (Lipinski definition) is 2. The first-order valence-corrected chi connectivity index (χ1v) is 9.98. The van der Waals surface area contributed by atoms with Gasteiger partial charge >= 0.3 is 5.97 Å². The third kappa shape index (κ3) is 4.46. The molecule has 2 atom stereocenters. The van der Waals surface area contributed by atoms with E-state index < -0.39 is 5.97 Å². The highest BCUT2D eigenvalue weighted by Crippen LogP contribution is 2.48. The van der Waals surface area contributed by atoms with E-state index in [-0.39, 0.29) is 36.6 Å². The summed E-state index contributed by atoms with van der Waals surface area (Å²) in [5.74, 6) is -0.867. The number of nitrogens with zero attached hydrogens (tertiary/aromatic N) is 1. The highest BCUT2D eigenvalue weighted by Gasteiger charge is 2.44. The van der Waals surface area contributed by atoms with Crippen molar-refractivity contribution in [2.75, 3.05) is 0 Å². The van der Waals surface area contributed by atoms with Crippen LogP contribution in [0.3, 0.4) is 0 Å². The summed E-state index contributed by atoms with van der Waals surface area (Å²) in [6, 6.07) is 14.7. The zero-order valence-corrected chi connectivity index (χ0v) is 18.9. The number of fused-ring (bicyclic) bond motifs is 1. The predicted octanol–water partition coefficient (Wildman–Crippen LogP) is 5.65. The molecule has 4 nitrogen and oxygen atoms in total. The van der Waals surface area contributed by atoms with Crippen molar-refractivity contribution in [3.63, 3.8) is 0 Å². The number of carboxylic acids is 1. The highest BCUT2D eigenvalue weighted by atomic mass is 35.5. The van der Waals surface area contributed by atoms with Gasteiger partial charge in [-0.25, -0.2) is 0 Å². The van der Waals surface area contributed by atoms with Crippen LogP contribution in [0.1, 0.15) is 48.1 Å². The molecule has 1 saturated carbocycles. The molecule has 2 unspecified atom stereocenters. The van der Waals surface area contributed by atoms with E-state index in [2.05, 4.69) is 44.2 Å². The Kier molecular flexibility index (Phi) is 7.87. The molecule has 30 heavy (non-hydrogen) atoms. The van der Waals surface area contributed by atoms with Crippen LogP contribution in [0.4, 0.5) is 0 Å². The van der Waals surface area contributed by atoms with Gasteiger partial charge in [0, 0.05) is 17.6 Å². The molecule has 4 rings (SSSR count). The molecule has 1 aliphatic carbocycles. The fourth-order valence-electron chi connectivity index (χ4n) is 4.15. The van der Waals surface area contributed by atoms with Crippen LogP contribution in [0, 0.1) is 12.8 Å². The quantitative estimate of drug-likeness (QED) is 0.512. The van der Waals surface area contributed by atoms with Crippen LogP contribution >= 0.6 is 24.8 Å². The lowest BCUT2D eigenvalue weighted by molar-refractivity contribution is -0.138. The third-order valence-corrected chi connectivity index (χ3v) is 5.76. The van der Waals surface area contributed by atoms with E-state index in [1.54, 1.807) is 0 Å². The van der Waals surface area contributed by atoms with E-state index >= 15 is 0 Å². The Morgan fingerprint density at radius 3 is 2.43 bits per heavy atom. The summed E-state index contributed by atoms with van der Waals surface area (Å²) in [6.07, 6.45) is 2.62. The number of carboxylic acid groups (broad SMARTS) is 1. The predicted molar refractivity (Wildman–Crippen MR) is 127 cm³/mol. The van der Waals surface area contributed by atoms with Gasteiger partial charge in [0.25, 0.3) is 0 Å². The van der Waals surface area contributed by atoms with Crippen LogP contribution in [0.15, 0.2) is 42.5 Å². The number of carbonyl (C=O) groups is 1. The summed E-state index contributed by atoms with van der Waals surface area (Å²) < 4.78 is 0. The molecule has 1 fully saturated rings. The fraction of sp³-hybridized carbons (Fsp3) is 0.333. The molecule has 0 saturated heterocycles. The van der Waals surface area contributed by atoms with Crippen molar-refractivity contribution in [3.8, 4) is 11.1 Å². The number of aromatic nitrogens is 1. The average molecular weight is 447 g/mol. The van der Waals surface area contributed by atoms with Crippen LogP contribution in [0.5, 0.6) is 0 Å².